The normalized spacial score (nSPS) is 11.0. The lowest BCUT2D eigenvalue weighted by Crippen LogP contribution is -1.96. The highest BCUT2D eigenvalue weighted by Crippen LogP contribution is 2.20. The van der Waals surface area contributed by atoms with Gasteiger partial charge < -0.3 is 9.94 Å². The maximum absolute atomic E-state index is 8.10. The van der Waals surface area contributed by atoms with E-state index < -0.39 is 0 Å². The zero-order chi connectivity index (χ0) is 10.4. The second kappa shape index (κ2) is 5.86. The number of benzene rings is 1. The Morgan fingerprint density at radius 3 is 2.93 bits per heavy atom. The van der Waals surface area contributed by atoms with Gasteiger partial charge in [0.1, 0.15) is 0 Å². The van der Waals surface area contributed by atoms with Crippen molar-refractivity contribution in [3.8, 4) is 0 Å². The molecular weight excluding hydrogens is 225 g/mol. The standard InChI is InChI=1S/C9H9Cl2NO2/c10-8-1-2-9(11)7(5-8)6-14-4-3-12-13/h1-3,5,13H,4,6H2. The van der Waals surface area contributed by atoms with Crippen molar-refractivity contribution in [3.63, 3.8) is 0 Å². The van der Waals surface area contributed by atoms with Gasteiger partial charge in [-0.1, -0.05) is 28.4 Å². The van der Waals surface area contributed by atoms with Gasteiger partial charge in [0.2, 0.25) is 0 Å². The lowest BCUT2D eigenvalue weighted by molar-refractivity contribution is 0.158. The average Bonchev–Trinajstić information content (AvgIpc) is 2.18. The van der Waals surface area contributed by atoms with Crippen molar-refractivity contribution in [1.82, 2.24) is 0 Å². The monoisotopic (exact) mass is 233 g/mol. The van der Waals surface area contributed by atoms with Gasteiger partial charge in [-0.25, -0.2) is 0 Å². The Labute approximate surface area is 91.9 Å². The SMILES string of the molecule is ON=CCOCc1cc(Cl)ccc1Cl. The first-order valence-electron chi connectivity index (χ1n) is 3.91. The number of nitrogens with zero attached hydrogens (tertiary/aromatic N) is 1. The summed E-state index contributed by atoms with van der Waals surface area (Å²) >= 11 is 11.7. The molecule has 1 N–H and O–H groups in total. The molecule has 0 fully saturated rings. The molecule has 14 heavy (non-hydrogen) atoms. The van der Waals surface area contributed by atoms with Crippen molar-refractivity contribution >= 4 is 29.4 Å². The molecule has 3 nitrogen and oxygen atoms in total. The Morgan fingerprint density at radius 1 is 1.43 bits per heavy atom. The Morgan fingerprint density at radius 2 is 2.21 bits per heavy atom. The summed E-state index contributed by atoms with van der Waals surface area (Å²) in [5.41, 5.74) is 0.811. The molecule has 0 bridgehead atoms. The fourth-order valence-electron chi connectivity index (χ4n) is 0.909. The van der Waals surface area contributed by atoms with Crippen LogP contribution in [0.15, 0.2) is 23.4 Å². The van der Waals surface area contributed by atoms with Crippen LogP contribution >= 0.6 is 23.2 Å². The molecule has 76 valence electrons. The molecule has 0 spiro atoms. The van der Waals surface area contributed by atoms with Crippen molar-refractivity contribution in [1.29, 1.82) is 0 Å². The molecule has 0 saturated heterocycles. The van der Waals surface area contributed by atoms with Crippen LogP contribution in [0.25, 0.3) is 0 Å². The molecule has 0 saturated carbocycles. The fraction of sp³-hybridized carbons (Fsp3) is 0.222. The van der Waals surface area contributed by atoms with Crippen LogP contribution in [0.2, 0.25) is 10.0 Å². The molecule has 0 aliphatic rings. The second-order valence-electron chi connectivity index (χ2n) is 2.55. The van der Waals surface area contributed by atoms with Crippen LogP contribution in [0.1, 0.15) is 5.56 Å². The van der Waals surface area contributed by atoms with Crippen molar-refractivity contribution in [2.75, 3.05) is 6.61 Å². The molecular formula is C9H9Cl2NO2. The van der Waals surface area contributed by atoms with Crippen LogP contribution in [0.4, 0.5) is 0 Å². The van der Waals surface area contributed by atoms with Crippen molar-refractivity contribution in [3.05, 3.63) is 33.8 Å². The van der Waals surface area contributed by atoms with E-state index in [-0.39, 0.29) is 6.61 Å². The highest BCUT2D eigenvalue weighted by Gasteiger charge is 2.00. The van der Waals surface area contributed by atoms with Crippen LogP contribution < -0.4 is 0 Å². The smallest absolute Gasteiger partial charge is 0.0856 e. The number of oxime groups is 1. The van der Waals surface area contributed by atoms with Gasteiger partial charge >= 0.3 is 0 Å². The zero-order valence-electron chi connectivity index (χ0n) is 7.28. The van der Waals surface area contributed by atoms with E-state index in [1.807, 2.05) is 0 Å². The molecule has 0 heterocycles. The molecule has 5 heteroatoms. The molecule has 0 atom stereocenters. The van der Waals surface area contributed by atoms with E-state index in [1.54, 1.807) is 18.2 Å². The summed E-state index contributed by atoms with van der Waals surface area (Å²) in [4.78, 5) is 0. The topological polar surface area (TPSA) is 41.8 Å². The Kier molecular flexibility index (Phi) is 4.73. The van der Waals surface area contributed by atoms with Gasteiger partial charge in [0, 0.05) is 10.0 Å². The van der Waals surface area contributed by atoms with Gasteiger partial charge in [-0.05, 0) is 23.8 Å². The van der Waals surface area contributed by atoms with E-state index in [0.29, 0.717) is 16.7 Å². The van der Waals surface area contributed by atoms with Crippen LogP contribution in [0, 0.1) is 0 Å². The van der Waals surface area contributed by atoms with E-state index in [4.69, 9.17) is 33.1 Å². The average molecular weight is 234 g/mol. The largest absolute Gasteiger partial charge is 0.411 e. The Bertz CT molecular complexity index is 329. The van der Waals surface area contributed by atoms with Gasteiger partial charge in [0.15, 0.2) is 0 Å². The summed E-state index contributed by atoms with van der Waals surface area (Å²) in [6.45, 7) is 0.574. The lowest BCUT2D eigenvalue weighted by Gasteiger charge is -2.04. The molecule has 1 rings (SSSR count). The number of rotatable bonds is 4. The Balaban J connectivity index is 2.53. The number of hydrogen-bond donors (Lipinski definition) is 1. The summed E-state index contributed by atoms with van der Waals surface area (Å²) in [5, 5.41) is 12.1. The second-order valence-corrected chi connectivity index (χ2v) is 3.39. The minimum Gasteiger partial charge on any atom is -0.411 e. The fourth-order valence-corrected chi connectivity index (χ4v) is 1.28. The van der Waals surface area contributed by atoms with Crippen molar-refractivity contribution < 1.29 is 9.94 Å². The van der Waals surface area contributed by atoms with E-state index in [2.05, 4.69) is 5.16 Å². The van der Waals surface area contributed by atoms with E-state index in [0.717, 1.165) is 5.56 Å². The number of hydrogen-bond acceptors (Lipinski definition) is 3. The number of ether oxygens (including phenoxy) is 1. The summed E-state index contributed by atoms with van der Waals surface area (Å²) in [5.74, 6) is 0. The third-order valence-corrected chi connectivity index (χ3v) is 2.14. The molecule has 0 radical (unpaired) electrons. The third-order valence-electron chi connectivity index (χ3n) is 1.54. The highest BCUT2D eigenvalue weighted by atomic mass is 35.5. The van der Waals surface area contributed by atoms with Gasteiger partial charge in [0.05, 0.1) is 19.4 Å². The lowest BCUT2D eigenvalue weighted by atomic mass is 10.2. The molecule has 0 unspecified atom stereocenters. The predicted molar refractivity (Wildman–Crippen MR) is 56.4 cm³/mol. The van der Waals surface area contributed by atoms with Crippen molar-refractivity contribution in [2.45, 2.75) is 6.61 Å². The molecule has 0 amide bonds. The van der Waals surface area contributed by atoms with E-state index in [9.17, 15) is 0 Å². The Hall–Kier alpha value is -0.770. The summed E-state index contributed by atoms with van der Waals surface area (Å²) in [6.07, 6.45) is 1.25. The van der Waals surface area contributed by atoms with Gasteiger partial charge in [-0.2, -0.15) is 0 Å². The van der Waals surface area contributed by atoms with E-state index >= 15 is 0 Å². The third kappa shape index (κ3) is 3.54. The summed E-state index contributed by atoms with van der Waals surface area (Å²) < 4.78 is 5.14. The molecule has 0 aromatic heterocycles. The minimum atomic E-state index is 0.235. The van der Waals surface area contributed by atoms with Gasteiger partial charge in [-0.15, -0.1) is 0 Å². The quantitative estimate of drug-likeness (QED) is 0.376. The maximum atomic E-state index is 8.10. The summed E-state index contributed by atoms with van der Waals surface area (Å²) in [7, 11) is 0. The predicted octanol–water partition coefficient (Wildman–Crippen LogP) is 2.97. The van der Waals surface area contributed by atoms with Crippen LogP contribution in [-0.2, 0) is 11.3 Å². The molecule has 1 aromatic rings. The first-order chi connectivity index (χ1) is 6.74. The summed E-state index contributed by atoms with van der Waals surface area (Å²) in [6, 6.07) is 5.16. The maximum Gasteiger partial charge on any atom is 0.0856 e. The van der Waals surface area contributed by atoms with Crippen LogP contribution in [0.5, 0.6) is 0 Å². The van der Waals surface area contributed by atoms with Gasteiger partial charge in [0.25, 0.3) is 0 Å². The van der Waals surface area contributed by atoms with Gasteiger partial charge in [-0.3, -0.25) is 0 Å². The first kappa shape index (κ1) is 11.3. The van der Waals surface area contributed by atoms with Crippen LogP contribution in [-0.4, -0.2) is 18.0 Å². The minimum absolute atomic E-state index is 0.235. The number of halogens is 2. The first-order valence-corrected chi connectivity index (χ1v) is 4.67. The molecule has 0 aliphatic carbocycles. The van der Waals surface area contributed by atoms with Crippen LogP contribution in [0.3, 0.4) is 0 Å². The van der Waals surface area contributed by atoms with Crippen molar-refractivity contribution in [2.24, 2.45) is 5.16 Å². The molecule has 0 aliphatic heterocycles. The highest BCUT2D eigenvalue weighted by molar-refractivity contribution is 6.33. The molecule has 1 aromatic carbocycles. The van der Waals surface area contributed by atoms with E-state index in [1.165, 1.54) is 6.21 Å². The zero-order valence-corrected chi connectivity index (χ0v) is 8.79.